The number of nitrogens with zero attached hydrogens (tertiary/aromatic N) is 1. The third-order valence-corrected chi connectivity index (χ3v) is 3.17. The molecule has 1 heteroatoms. The van der Waals surface area contributed by atoms with Crippen molar-refractivity contribution in [3.63, 3.8) is 0 Å². The number of hydrogen-bond acceptors (Lipinski definition) is 1. The fourth-order valence-electron chi connectivity index (χ4n) is 2.06. The molecule has 0 saturated carbocycles. The zero-order valence-electron chi connectivity index (χ0n) is 10.9. The summed E-state index contributed by atoms with van der Waals surface area (Å²) in [6.07, 6.45) is 1.91. The molecular formula is C18H15N. The molecule has 3 aromatic carbocycles. The number of rotatable bonds is 2. The lowest BCUT2D eigenvalue weighted by atomic mass is 10.1. The van der Waals surface area contributed by atoms with E-state index < -0.39 is 0 Å². The van der Waals surface area contributed by atoms with E-state index in [0.29, 0.717) is 0 Å². The Morgan fingerprint density at radius 1 is 0.789 bits per heavy atom. The largest absolute Gasteiger partial charge is 0.256 e. The lowest BCUT2D eigenvalue weighted by Gasteiger charge is -1.99. The third kappa shape index (κ3) is 2.71. The minimum atomic E-state index is 0.985. The van der Waals surface area contributed by atoms with Crippen LogP contribution in [0.1, 0.15) is 11.1 Å². The predicted octanol–water partition coefficient (Wildman–Crippen LogP) is 4.90. The lowest BCUT2D eigenvalue weighted by molar-refractivity contribution is 1.46. The van der Waals surface area contributed by atoms with Crippen molar-refractivity contribution in [1.82, 2.24) is 0 Å². The molecule has 0 aliphatic rings. The summed E-state index contributed by atoms with van der Waals surface area (Å²) >= 11 is 0. The number of aliphatic imine (C=N–C) groups is 1. The van der Waals surface area contributed by atoms with Crippen LogP contribution in [0.4, 0.5) is 5.69 Å². The van der Waals surface area contributed by atoms with E-state index in [0.717, 1.165) is 11.3 Å². The summed E-state index contributed by atoms with van der Waals surface area (Å²) in [7, 11) is 0. The second-order valence-corrected chi connectivity index (χ2v) is 4.70. The molecule has 19 heavy (non-hydrogen) atoms. The molecule has 3 rings (SSSR count). The van der Waals surface area contributed by atoms with E-state index in [2.05, 4.69) is 72.6 Å². The van der Waals surface area contributed by atoms with Crippen molar-refractivity contribution in [1.29, 1.82) is 0 Å². The van der Waals surface area contributed by atoms with Crippen LogP contribution in [0.25, 0.3) is 10.8 Å². The summed E-state index contributed by atoms with van der Waals surface area (Å²) < 4.78 is 0. The van der Waals surface area contributed by atoms with Gasteiger partial charge in [-0.3, -0.25) is 4.99 Å². The summed E-state index contributed by atoms with van der Waals surface area (Å²) in [4.78, 5) is 4.53. The van der Waals surface area contributed by atoms with Gasteiger partial charge in [0, 0.05) is 6.21 Å². The molecule has 0 atom stereocenters. The van der Waals surface area contributed by atoms with Gasteiger partial charge in [-0.25, -0.2) is 0 Å². The standard InChI is InChI=1S/C18H15N/c1-14-6-8-15(9-7-14)13-19-18-11-10-16-4-2-3-5-17(16)12-18/h2-13H,1H3. The molecule has 92 valence electrons. The minimum Gasteiger partial charge on any atom is -0.256 e. The number of fused-ring (bicyclic) bond motifs is 1. The van der Waals surface area contributed by atoms with Crippen LogP contribution in [-0.4, -0.2) is 6.21 Å². The molecule has 0 spiro atoms. The van der Waals surface area contributed by atoms with Gasteiger partial charge in [0.05, 0.1) is 5.69 Å². The molecule has 0 saturated heterocycles. The van der Waals surface area contributed by atoms with Crippen molar-refractivity contribution >= 4 is 22.7 Å². The molecule has 0 aliphatic carbocycles. The van der Waals surface area contributed by atoms with E-state index in [1.54, 1.807) is 0 Å². The van der Waals surface area contributed by atoms with Crippen LogP contribution < -0.4 is 0 Å². The fraction of sp³-hybridized carbons (Fsp3) is 0.0556. The van der Waals surface area contributed by atoms with Crippen LogP contribution in [0.3, 0.4) is 0 Å². The maximum Gasteiger partial charge on any atom is 0.0636 e. The second-order valence-electron chi connectivity index (χ2n) is 4.70. The quantitative estimate of drug-likeness (QED) is 0.569. The summed E-state index contributed by atoms with van der Waals surface area (Å²) in [5.41, 5.74) is 3.38. The maximum absolute atomic E-state index is 4.53. The molecule has 0 aromatic heterocycles. The van der Waals surface area contributed by atoms with Gasteiger partial charge in [0.2, 0.25) is 0 Å². The highest BCUT2D eigenvalue weighted by atomic mass is 14.7. The Balaban J connectivity index is 1.90. The monoisotopic (exact) mass is 245 g/mol. The minimum absolute atomic E-state index is 0.985. The van der Waals surface area contributed by atoms with Crippen molar-refractivity contribution in [2.24, 2.45) is 4.99 Å². The topological polar surface area (TPSA) is 12.4 Å². The Morgan fingerprint density at radius 3 is 2.32 bits per heavy atom. The van der Waals surface area contributed by atoms with Crippen LogP contribution in [0.2, 0.25) is 0 Å². The van der Waals surface area contributed by atoms with Gasteiger partial charge in [-0.2, -0.15) is 0 Å². The van der Waals surface area contributed by atoms with E-state index in [1.165, 1.54) is 16.3 Å². The summed E-state index contributed by atoms with van der Waals surface area (Å²) in [6.45, 7) is 2.09. The molecule has 0 fully saturated rings. The Labute approximate surface area is 113 Å². The van der Waals surface area contributed by atoms with Crippen LogP contribution in [0.5, 0.6) is 0 Å². The van der Waals surface area contributed by atoms with Crippen molar-refractivity contribution in [3.05, 3.63) is 77.9 Å². The molecular weight excluding hydrogens is 230 g/mol. The van der Waals surface area contributed by atoms with Gasteiger partial charge < -0.3 is 0 Å². The fourth-order valence-corrected chi connectivity index (χ4v) is 2.06. The van der Waals surface area contributed by atoms with Crippen molar-refractivity contribution in [2.75, 3.05) is 0 Å². The SMILES string of the molecule is Cc1ccc(C=Nc2ccc3ccccc3c2)cc1. The third-order valence-electron chi connectivity index (χ3n) is 3.17. The number of benzene rings is 3. The Morgan fingerprint density at radius 2 is 1.53 bits per heavy atom. The molecule has 1 nitrogen and oxygen atoms in total. The van der Waals surface area contributed by atoms with Crippen molar-refractivity contribution < 1.29 is 0 Å². The van der Waals surface area contributed by atoms with Crippen LogP contribution in [0, 0.1) is 6.92 Å². The molecule has 3 aromatic rings. The maximum atomic E-state index is 4.53. The van der Waals surface area contributed by atoms with Crippen LogP contribution in [-0.2, 0) is 0 Å². The average Bonchev–Trinajstić information content (AvgIpc) is 2.46. The summed E-state index contributed by atoms with van der Waals surface area (Å²) in [6, 6.07) is 23.0. The zero-order chi connectivity index (χ0) is 13.1. The van der Waals surface area contributed by atoms with E-state index in [9.17, 15) is 0 Å². The molecule has 0 heterocycles. The van der Waals surface area contributed by atoms with Gasteiger partial charge in [0.1, 0.15) is 0 Å². The normalized spacial score (nSPS) is 11.2. The predicted molar refractivity (Wildman–Crippen MR) is 82.4 cm³/mol. The molecule has 0 bridgehead atoms. The van der Waals surface area contributed by atoms with Crippen LogP contribution >= 0.6 is 0 Å². The summed E-state index contributed by atoms with van der Waals surface area (Å²) in [5.74, 6) is 0. The highest BCUT2D eigenvalue weighted by molar-refractivity contribution is 5.87. The average molecular weight is 245 g/mol. The molecule has 0 amide bonds. The van der Waals surface area contributed by atoms with E-state index in [1.807, 2.05) is 12.3 Å². The Kier molecular flexibility index (Phi) is 3.11. The number of aryl methyl sites for hydroxylation is 1. The molecule has 0 radical (unpaired) electrons. The first-order valence-electron chi connectivity index (χ1n) is 6.41. The van der Waals surface area contributed by atoms with E-state index in [4.69, 9.17) is 0 Å². The first-order valence-corrected chi connectivity index (χ1v) is 6.41. The first kappa shape index (κ1) is 11.7. The smallest absolute Gasteiger partial charge is 0.0636 e. The van der Waals surface area contributed by atoms with Gasteiger partial charge in [0.25, 0.3) is 0 Å². The van der Waals surface area contributed by atoms with Gasteiger partial charge in [0.15, 0.2) is 0 Å². The molecule has 0 unspecified atom stereocenters. The first-order chi connectivity index (χ1) is 9.31. The highest BCUT2D eigenvalue weighted by Crippen LogP contribution is 2.20. The van der Waals surface area contributed by atoms with E-state index >= 15 is 0 Å². The van der Waals surface area contributed by atoms with Gasteiger partial charge in [-0.1, -0.05) is 60.2 Å². The zero-order valence-corrected chi connectivity index (χ0v) is 10.9. The van der Waals surface area contributed by atoms with Crippen molar-refractivity contribution in [3.8, 4) is 0 Å². The van der Waals surface area contributed by atoms with E-state index in [-0.39, 0.29) is 0 Å². The second kappa shape index (κ2) is 5.07. The molecule has 0 aliphatic heterocycles. The van der Waals surface area contributed by atoms with Gasteiger partial charge in [-0.05, 0) is 35.4 Å². The van der Waals surface area contributed by atoms with Gasteiger partial charge >= 0.3 is 0 Å². The molecule has 0 N–H and O–H groups in total. The lowest BCUT2D eigenvalue weighted by Crippen LogP contribution is -1.80. The van der Waals surface area contributed by atoms with Crippen LogP contribution in [0.15, 0.2) is 71.7 Å². The highest BCUT2D eigenvalue weighted by Gasteiger charge is 1.94. The summed E-state index contributed by atoms with van der Waals surface area (Å²) in [5, 5.41) is 2.47. The Hall–Kier alpha value is -2.41. The number of hydrogen-bond donors (Lipinski definition) is 0. The Bertz CT molecular complexity index is 724. The van der Waals surface area contributed by atoms with Crippen molar-refractivity contribution in [2.45, 2.75) is 6.92 Å². The van der Waals surface area contributed by atoms with Gasteiger partial charge in [-0.15, -0.1) is 0 Å².